The molecule has 0 saturated carbocycles. The molecular formula is C10H23NS. The number of thioether (sulfide) groups is 1. The van der Waals surface area contributed by atoms with Gasteiger partial charge in [-0.3, -0.25) is 0 Å². The van der Waals surface area contributed by atoms with Crippen molar-refractivity contribution in [2.45, 2.75) is 51.5 Å². The molecule has 1 unspecified atom stereocenters. The van der Waals surface area contributed by atoms with Crippen LogP contribution in [-0.4, -0.2) is 18.1 Å². The van der Waals surface area contributed by atoms with Gasteiger partial charge in [-0.2, -0.15) is 11.8 Å². The van der Waals surface area contributed by atoms with Crippen LogP contribution < -0.4 is 5.73 Å². The van der Waals surface area contributed by atoms with Crippen molar-refractivity contribution in [2.24, 2.45) is 5.73 Å². The van der Waals surface area contributed by atoms with Gasteiger partial charge in [0.15, 0.2) is 0 Å². The third kappa shape index (κ3) is 8.41. The van der Waals surface area contributed by atoms with Crippen molar-refractivity contribution in [2.75, 3.05) is 12.0 Å². The fraction of sp³-hybridized carbons (Fsp3) is 1.00. The van der Waals surface area contributed by atoms with Gasteiger partial charge >= 0.3 is 0 Å². The van der Waals surface area contributed by atoms with E-state index in [0.29, 0.717) is 6.04 Å². The third-order valence-electron chi connectivity index (χ3n) is 2.06. The molecule has 2 N–H and O–H groups in total. The number of unbranched alkanes of at least 4 members (excludes halogenated alkanes) is 4. The van der Waals surface area contributed by atoms with Crippen LogP contribution in [0.3, 0.4) is 0 Å². The van der Waals surface area contributed by atoms with Crippen LogP contribution in [0.2, 0.25) is 0 Å². The summed E-state index contributed by atoms with van der Waals surface area (Å²) in [6.07, 6.45) is 10.1. The molecule has 1 nitrogen and oxygen atoms in total. The molecular weight excluding hydrogens is 166 g/mol. The van der Waals surface area contributed by atoms with E-state index in [1.807, 2.05) is 11.8 Å². The van der Waals surface area contributed by atoms with Gasteiger partial charge in [-0.1, -0.05) is 39.0 Å². The zero-order valence-electron chi connectivity index (χ0n) is 8.51. The summed E-state index contributed by atoms with van der Waals surface area (Å²) >= 11 is 1.85. The molecule has 0 aromatic rings. The fourth-order valence-corrected chi connectivity index (χ4v) is 1.90. The molecule has 2 heteroatoms. The third-order valence-corrected chi connectivity index (χ3v) is 2.82. The van der Waals surface area contributed by atoms with E-state index in [9.17, 15) is 0 Å². The largest absolute Gasteiger partial charge is 0.327 e. The second kappa shape index (κ2) is 9.40. The van der Waals surface area contributed by atoms with Crippen molar-refractivity contribution in [3.05, 3.63) is 0 Å². The highest BCUT2D eigenvalue weighted by Crippen LogP contribution is 2.08. The average Bonchev–Trinajstić information content (AvgIpc) is 2.05. The standard InChI is InChI=1S/C10H23NS/c1-3-4-5-6-7-8-10(11)9-12-2/h10H,3-9,11H2,1-2H3. The first-order valence-corrected chi connectivity index (χ1v) is 6.45. The molecule has 0 saturated heterocycles. The molecule has 12 heavy (non-hydrogen) atoms. The van der Waals surface area contributed by atoms with Gasteiger partial charge in [0.25, 0.3) is 0 Å². The molecule has 0 aromatic heterocycles. The quantitative estimate of drug-likeness (QED) is 0.594. The molecule has 0 heterocycles. The summed E-state index contributed by atoms with van der Waals surface area (Å²) in [4.78, 5) is 0. The zero-order chi connectivity index (χ0) is 9.23. The highest BCUT2D eigenvalue weighted by atomic mass is 32.2. The van der Waals surface area contributed by atoms with Crippen molar-refractivity contribution in [3.63, 3.8) is 0 Å². The van der Waals surface area contributed by atoms with Gasteiger partial charge in [-0.15, -0.1) is 0 Å². The number of rotatable bonds is 8. The van der Waals surface area contributed by atoms with Gasteiger partial charge < -0.3 is 5.73 Å². The molecule has 0 fully saturated rings. The Morgan fingerprint density at radius 3 is 2.42 bits per heavy atom. The van der Waals surface area contributed by atoms with Gasteiger partial charge in [-0.05, 0) is 12.7 Å². The van der Waals surface area contributed by atoms with Crippen molar-refractivity contribution >= 4 is 11.8 Å². The summed E-state index contributed by atoms with van der Waals surface area (Å²) in [7, 11) is 0. The summed E-state index contributed by atoms with van der Waals surface area (Å²) in [6.45, 7) is 2.25. The monoisotopic (exact) mass is 189 g/mol. The van der Waals surface area contributed by atoms with E-state index >= 15 is 0 Å². The Hall–Kier alpha value is 0.310. The Kier molecular flexibility index (Phi) is 9.64. The molecule has 0 radical (unpaired) electrons. The Balaban J connectivity index is 2.97. The van der Waals surface area contributed by atoms with Crippen LogP contribution in [0, 0.1) is 0 Å². The van der Waals surface area contributed by atoms with Gasteiger partial charge in [0.2, 0.25) is 0 Å². The second-order valence-electron chi connectivity index (χ2n) is 3.42. The lowest BCUT2D eigenvalue weighted by molar-refractivity contribution is 0.567. The molecule has 0 rings (SSSR count). The van der Waals surface area contributed by atoms with Gasteiger partial charge in [-0.25, -0.2) is 0 Å². The molecule has 74 valence electrons. The smallest absolute Gasteiger partial charge is 0.0130 e. The topological polar surface area (TPSA) is 26.0 Å². The molecule has 0 aliphatic rings. The highest BCUT2D eigenvalue weighted by Gasteiger charge is 1.99. The second-order valence-corrected chi connectivity index (χ2v) is 4.33. The average molecular weight is 189 g/mol. The van der Waals surface area contributed by atoms with Gasteiger partial charge in [0, 0.05) is 11.8 Å². The predicted molar refractivity (Wildman–Crippen MR) is 59.7 cm³/mol. The number of hydrogen-bond acceptors (Lipinski definition) is 2. The van der Waals surface area contributed by atoms with Crippen LogP contribution in [0.4, 0.5) is 0 Å². The first-order chi connectivity index (χ1) is 5.81. The summed E-state index contributed by atoms with van der Waals surface area (Å²) in [5.41, 5.74) is 5.88. The van der Waals surface area contributed by atoms with E-state index in [4.69, 9.17) is 5.73 Å². The molecule has 0 bridgehead atoms. The van der Waals surface area contributed by atoms with E-state index < -0.39 is 0 Å². The predicted octanol–water partition coefficient (Wildman–Crippen LogP) is 3.04. The Labute approximate surface area is 81.5 Å². The molecule has 0 amide bonds. The number of hydrogen-bond donors (Lipinski definition) is 1. The first-order valence-electron chi connectivity index (χ1n) is 5.05. The zero-order valence-corrected chi connectivity index (χ0v) is 9.33. The SMILES string of the molecule is CCCCCCCC(N)CSC. The molecule has 0 aliphatic heterocycles. The lowest BCUT2D eigenvalue weighted by Crippen LogP contribution is -2.22. The van der Waals surface area contributed by atoms with Crippen LogP contribution in [0.1, 0.15) is 45.4 Å². The lowest BCUT2D eigenvalue weighted by Gasteiger charge is -2.08. The van der Waals surface area contributed by atoms with Crippen LogP contribution in [0.5, 0.6) is 0 Å². The maximum absolute atomic E-state index is 5.88. The minimum Gasteiger partial charge on any atom is -0.327 e. The van der Waals surface area contributed by atoms with E-state index in [2.05, 4.69) is 13.2 Å². The van der Waals surface area contributed by atoms with E-state index in [1.54, 1.807) is 0 Å². The van der Waals surface area contributed by atoms with Gasteiger partial charge in [0.05, 0.1) is 0 Å². The van der Waals surface area contributed by atoms with Crippen molar-refractivity contribution < 1.29 is 0 Å². The molecule has 0 aromatic carbocycles. The summed E-state index contributed by atoms with van der Waals surface area (Å²) in [5, 5.41) is 0. The van der Waals surface area contributed by atoms with Crippen LogP contribution in [0.25, 0.3) is 0 Å². The van der Waals surface area contributed by atoms with Crippen molar-refractivity contribution in [1.29, 1.82) is 0 Å². The van der Waals surface area contributed by atoms with E-state index in [1.165, 1.54) is 38.5 Å². The Morgan fingerprint density at radius 2 is 1.83 bits per heavy atom. The lowest BCUT2D eigenvalue weighted by atomic mass is 10.1. The van der Waals surface area contributed by atoms with Gasteiger partial charge in [0.1, 0.15) is 0 Å². The normalized spacial score (nSPS) is 13.2. The Morgan fingerprint density at radius 1 is 1.17 bits per heavy atom. The molecule has 0 spiro atoms. The molecule has 0 aliphatic carbocycles. The van der Waals surface area contributed by atoms with Crippen LogP contribution in [-0.2, 0) is 0 Å². The van der Waals surface area contributed by atoms with E-state index in [-0.39, 0.29) is 0 Å². The van der Waals surface area contributed by atoms with Crippen LogP contribution in [0.15, 0.2) is 0 Å². The first kappa shape index (κ1) is 12.3. The minimum atomic E-state index is 0.432. The number of nitrogens with two attached hydrogens (primary N) is 1. The maximum atomic E-state index is 5.88. The molecule has 1 atom stereocenters. The van der Waals surface area contributed by atoms with E-state index in [0.717, 1.165) is 5.75 Å². The van der Waals surface area contributed by atoms with Crippen molar-refractivity contribution in [1.82, 2.24) is 0 Å². The van der Waals surface area contributed by atoms with Crippen molar-refractivity contribution in [3.8, 4) is 0 Å². The van der Waals surface area contributed by atoms with Crippen LogP contribution >= 0.6 is 11.8 Å². The maximum Gasteiger partial charge on any atom is 0.0130 e. The summed E-state index contributed by atoms with van der Waals surface area (Å²) < 4.78 is 0. The minimum absolute atomic E-state index is 0.432. The highest BCUT2D eigenvalue weighted by molar-refractivity contribution is 7.98. The Bertz CT molecular complexity index is 85.9. The summed E-state index contributed by atoms with van der Waals surface area (Å²) in [6, 6.07) is 0.432. The summed E-state index contributed by atoms with van der Waals surface area (Å²) in [5.74, 6) is 1.12. The fourth-order valence-electron chi connectivity index (χ4n) is 1.31.